The molecule has 0 bridgehead atoms. The summed E-state index contributed by atoms with van der Waals surface area (Å²) in [5.74, 6) is 0.799. The van der Waals surface area contributed by atoms with Crippen molar-refractivity contribution in [2.45, 2.75) is 6.54 Å². The molecule has 0 atom stereocenters. The van der Waals surface area contributed by atoms with Crippen molar-refractivity contribution in [3.63, 3.8) is 0 Å². The van der Waals surface area contributed by atoms with Crippen molar-refractivity contribution >= 4 is 28.4 Å². The van der Waals surface area contributed by atoms with Gasteiger partial charge in [-0.05, 0) is 46.7 Å². The molecule has 0 aliphatic rings. The van der Waals surface area contributed by atoms with E-state index in [1.807, 2.05) is 30.3 Å². The Morgan fingerprint density at radius 1 is 1.08 bits per heavy atom. The van der Waals surface area contributed by atoms with Gasteiger partial charge in [0.2, 0.25) is 0 Å². The Kier molecular flexibility index (Phi) is 4.84. The van der Waals surface area contributed by atoms with E-state index < -0.39 is 4.92 Å². The van der Waals surface area contributed by atoms with Gasteiger partial charge in [0.25, 0.3) is 5.69 Å². The first-order valence-electron chi connectivity index (χ1n) is 8.03. The number of methoxy groups -OCH3 is 1. The van der Waals surface area contributed by atoms with Crippen LogP contribution in [0, 0.1) is 10.1 Å². The number of nitro benzene ring substituents is 1. The van der Waals surface area contributed by atoms with Gasteiger partial charge in [0.1, 0.15) is 17.7 Å². The summed E-state index contributed by atoms with van der Waals surface area (Å²) < 4.78 is 5.23. The number of nitro groups is 1. The molecular weight excluding hydrogens is 332 g/mol. The minimum absolute atomic E-state index is 0.0809. The number of anilines is 1. The average Bonchev–Trinajstić information content (AvgIpc) is 2.66. The molecule has 3 aromatic rings. The molecule has 26 heavy (non-hydrogen) atoms. The molecule has 0 N–H and O–H groups in total. The number of benzene rings is 3. The van der Waals surface area contributed by atoms with Gasteiger partial charge in [-0.3, -0.25) is 14.9 Å². The third-order valence-corrected chi connectivity index (χ3v) is 4.28. The molecule has 6 heteroatoms. The van der Waals surface area contributed by atoms with Crippen LogP contribution in [0.4, 0.5) is 11.4 Å². The van der Waals surface area contributed by atoms with Crippen molar-refractivity contribution in [2.24, 2.45) is 0 Å². The average molecular weight is 350 g/mol. The molecule has 0 saturated carbocycles. The number of hydrogen-bond donors (Lipinski definition) is 0. The molecule has 0 aromatic heterocycles. The first-order valence-corrected chi connectivity index (χ1v) is 8.03. The first-order chi connectivity index (χ1) is 12.5. The number of carbonyl (C=O) groups excluding carboxylic acids is 1. The van der Waals surface area contributed by atoms with Gasteiger partial charge in [0.05, 0.1) is 12.0 Å². The Morgan fingerprint density at radius 2 is 1.81 bits per heavy atom. The summed E-state index contributed by atoms with van der Waals surface area (Å²) in [4.78, 5) is 23.5. The van der Waals surface area contributed by atoms with Gasteiger partial charge in [-0.15, -0.1) is 0 Å². The molecule has 3 rings (SSSR count). The fourth-order valence-electron chi connectivity index (χ4n) is 2.94. The Balaban J connectivity index is 1.90. The maximum atomic E-state index is 11.3. The zero-order valence-electron chi connectivity index (χ0n) is 14.5. The van der Waals surface area contributed by atoms with Gasteiger partial charge >= 0.3 is 0 Å². The fraction of sp³-hybridized carbons (Fsp3) is 0.150. The topological polar surface area (TPSA) is 72.7 Å². The summed E-state index contributed by atoms with van der Waals surface area (Å²) in [6.45, 7) is 0.503. The van der Waals surface area contributed by atoms with Gasteiger partial charge < -0.3 is 9.64 Å². The molecule has 0 unspecified atom stereocenters. The summed E-state index contributed by atoms with van der Waals surface area (Å²) in [5.41, 5.74) is 1.70. The zero-order valence-corrected chi connectivity index (χ0v) is 14.5. The molecule has 0 spiro atoms. The van der Waals surface area contributed by atoms with Crippen molar-refractivity contribution < 1.29 is 14.5 Å². The summed E-state index contributed by atoms with van der Waals surface area (Å²) in [7, 11) is 3.43. The minimum atomic E-state index is -0.467. The van der Waals surface area contributed by atoms with Crippen LogP contribution in [-0.4, -0.2) is 25.4 Å². The smallest absolute Gasteiger partial charge is 0.293 e. The molecule has 0 fully saturated rings. The van der Waals surface area contributed by atoms with Crippen LogP contribution in [0.25, 0.3) is 10.8 Å². The van der Waals surface area contributed by atoms with Crippen molar-refractivity contribution in [3.8, 4) is 5.75 Å². The van der Waals surface area contributed by atoms with E-state index in [4.69, 9.17) is 4.74 Å². The summed E-state index contributed by atoms with van der Waals surface area (Å²) in [6, 6.07) is 16.4. The van der Waals surface area contributed by atoms with E-state index in [1.165, 1.54) is 6.07 Å². The molecule has 132 valence electrons. The standard InChI is InChI=1S/C20H18N2O4/c1-21(19-8-4-15(13-23)10-20(19)22(24)25)12-14-3-5-17-11-18(26-2)7-6-16(17)9-14/h3-11,13H,12H2,1-2H3. The largest absolute Gasteiger partial charge is 0.497 e. The quantitative estimate of drug-likeness (QED) is 0.378. The lowest BCUT2D eigenvalue weighted by atomic mass is 10.1. The molecule has 0 radical (unpaired) electrons. The van der Waals surface area contributed by atoms with Crippen LogP contribution in [0.3, 0.4) is 0 Å². The lowest BCUT2D eigenvalue weighted by Gasteiger charge is -2.20. The fourth-order valence-corrected chi connectivity index (χ4v) is 2.94. The number of nitrogens with zero attached hydrogens (tertiary/aromatic N) is 2. The number of rotatable bonds is 6. The summed E-state index contributed by atoms with van der Waals surface area (Å²) in [6.07, 6.45) is 0.606. The second kappa shape index (κ2) is 7.23. The predicted molar refractivity (Wildman–Crippen MR) is 101 cm³/mol. The van der Waals surface area contributed by atoms with Crippen LogP contribution < -0.4 is 9.64 Å². The number of fused-ring (bicyclic) bond motifs is 1. The first kappa shape index (κ1) is 17.4. The van der Waals surface area contributed by atoms with Crippen LogP contribution in [0.1, 0.15) is 15.9 Å². The predicted octanol–water partition coefficient (Wildman–Crippen LogP) is 4.21. The van der Waals surface area contributed by atoms with Crippen LogP contribution >= 0.6 is 0 Å². The lowest BCUT2D eigenvalue weighted by Crippen LogP contribution is -2.17. The molecule has 0 heterocycles. The molecule has 3 aromatic carbocycles. The van der Waals surface area contributed by atoms with Gasteiger partial charge in [-0.2, -0.15) is 0 Å². The van der Waals surface area contributed by atoms with Crippen molar-refractivity contribution in [1.82, 2.24) is 0 Å². The molecule has 6 nitrogen and oxygen atoms in total. The Bertz CT molecular complexity index is 985. The van der Waals surface area contributed by atoms with Crippen LogP contribution in [0.5, 0.6) is 5.75 Å². The van der Waals surface area contributed by atoms with Crippen molar-refractivity contribution in [3.05, 3.63) is 75.8 Å². The van der Waals surface area contributed by atoms with Crippen LogP contribution in [-0.2, 0) is 6.54 Å². The van der Waals surface area contributed by atoms with E-state index >= 15 is 0 Å². The van der Waals surface area contributed by atoms with Gasteiger partial charge in [-0.25, -0.2) is 0 Å². The third kappa shape index (κ3) is 3.49. The molecule has 0 aliphatic heterocycles. The normalized spacial score (nSPS) is 10.5. The van der Waals surface area contributed by atoms with Crippen LogP contribution in [0.15, 0.2) is 54.6 Å². The number of aldehydes is 1. The van der Waals surface area contributed by atoms with Gasteiger partial charge in [-0.1, -0.05) is 18.2 Å². The monoisotopic (exact) mass is 350 g/mol. The highest BCUT2D eigenvalue weighted by molar-refractivity contribution is 5.84. The van der Waals surface area contributed by atoms with Gasteiger partial charge in [0, 0.05) is 25.2 Å². The number of carbonyl (C=O) groups is 1. The SMILES string of the molecule is COc1ccc2cc(CN(C)c3ccc(C=O)cc3[N+](=O)[O-])ccc2c1. The Morgan fingerprint density at radius 3 is 2.50 bits per heavy atom. The highest BCUT2D eigenvalue weighted by Gasteiger charge is 2.18. The third-order valence-electron chi connectivity index (χ3n) is 4.28. The second-order valence-electron chi connectivity index (χ2n) is 6.03. The van der Waals surface area contributed by atoms with E-state index in [1.54, 1.807) is 31.2 Å². The Hall–Kier alpha value is -3.41. The van der Waals surface area contributed by atoms with Gasteiger partial charge in [0.15, 0.2) is 0 Å². The van der Waals surface area contributed by atoms with E-state index in [9.17, 15) is 14.9 Å². The highest BCUT2D eigenvalue weighted by Crippen LogP contribution is 2.30. The maximum absolute atomic E-state index is 11.3. The minimum Gasteiger partial charge on any atom is -0.497 e. The molecular formula is C20H18N2O4. The molecule has 0 aliphatic carbocycles. The van der Waals surface area contributed by atoms with Crippen LogP contribution in [0.2, 0.25) is 0 Å². The summed E-state index contributed by atoms with van der Waals surface area (Å²) >= 11 is 0. The van der Waals surface area contributed by atoms with Crippen molar-refractivity contribution in [1.29, 1.82) is 0 Å². The number of hydrogen-bond acceptors (Lipinski definition) is 5. The van der Waals surface area contributed by atoms with E-state index in [0.29, 0.717) is 18.5 Å². The summed E-state index contributed by atoms with van der Waals surface area (Å²) in [5, 5.41) is 13.5. The highest BCUT2D eigenvalue weighted by atomic mass is 16.6. The zero-order chi connectivity index (χ0) is 18.7. The second-order valence-corrected chi connectivity index (χ2v) is 6.03. The lowest BCUT2D eigenvalue weighted by molar-refractivity contribution is -0.384. The molecule has 0 saturated heterocycles. The van der Waals surface area contributed by atoms with E-state index in [0.717, 1.165) is 22.1 Å². The maximum Gasteiger partial charge on any atom is 0.293 e. The molecule has 0 amide bonds. The Labute approximate surface area is 150 Å². The van der Waals surface area contributed by atoms with E-state index in [2.05, 4.69) is 6.07 Å². The van der Waals surface area contributed by atoms with Crippen molar-refractivity contribution in [2.75, 3.05) is 19.1 Å². The number of ether oxygens (including phenoxy) is 1. The van der Waals surface area contributed by atoms with E-state index in [-0.39, 0.29) is 11.3 Å².